The van der Waals surface area contributed by atoms with Crippen molar-refractivity contribution in [3.05, 3.63) is 71.7 Å². The van der Waals surface area contributed by atoms with Gasteiger partial charge in [-0.1, -0.05) is 50.2 Å². The number of amides is 2. The van der Waals surface area contributed by atoms with E-state index in [2.05, 4.69) is 39.2 Å². The van der Waals surface area contributed by atoms with Gasteiger partial charge in [-0.2, -0.15) is 9.90 Å². The molecular formula is C27H32FN7O2. The van der Waals surface area contributed by atoms with Gasteiger partial charge >= 0.3 is 0 Å². The van der Waals surface area contributed by atoms with Crippen LogP contribution in [0, 0.1) is 0 Å². The van der Waals surface area contributed by atoms with Gasteiger partial charge in [0.1, 0.15) is 18.8 Å². The molecule has 1 aromatic carbocycles. The molecule has 2 aromatic heterocycles. The highest BCUT2D eigenvalue weighted by atomic mass is 19.1. The maximum atomic E-state index is 14.5. The first-order valence-electron chi connectivity index (χ1n) is 12.8. The van der Waals surface area contributed by atoms with Crippen LogP contribution in [-0.4, -0.2) is 68.5 Å². The fraction of sp³-hybridized carbons (Fsp3) is 0.444. The zero-order valence-electron chi connectivity index (χ0n) is 21.1. The molecular weight excluding hydrogens is 473 g/mol. The first-order chi connectivity index (χ1) is 17.9. The number of nitrogens with zero attached hydrogens (tertiary/aromatic N) is 6. The fourth-order valence-electron chi connectivity index (χ4n) is 4.72. The summed E-state index contributed by atoms with van der Waals surface area (Å²) >= 11 is 0. The number of benzene rings is 1. The molecule has 9 nitrogen and oxygen atoms in total. The van der Waals surface area contributed by atoms with E-state index in [0.29, 0.717) is 11.6 Å². The monoisotopic (exact) mass is 505 g/mol. The second-order valence-electron chi connectivity index (χ2n) is 9.99. The predicted molar refractivity (Wildman–Crippen MR) is 137 cm³/mol. The highest BCUT2D eigenvalue weighted by molar-refractivity contribution is 5.88. The van der Waals surface area contributed by atoms with Crippen molar-refractivity contribution in [2.75, 3.05) is 24.5 Å². The van der Waals surface area contributed by atoms with Gasteiger partial charge < -0.3 is 15.1 Å². The van der Waals surface area contributed by atoms with E-state index in [4.69, 9.17) is 0 Å². The average Bonchev–Trinajstić information content (AvgIpc) is 3.48. The summed E-state index contributed by atoms with van der Waals surface area (Å²) in [6.45, 7) is 5.75. The lowest BCUT2D eigenvalue weighted by Gasteiger charge is -2.30. The molecule has 2 saturated heterocycles. The summed E-state index contributed by atoms with van der Waals surface area (Å²) in [6, 6.07) is 12.0. The molecule has 0 radical (unpaired) electrons. The second kappa shape index (κ2) is 10.7. The van der Waals surface area contributed by atoms with Gasteiger partial charge in [0, 0.05) is 25.7 Å². The Morgan fingerprint density at radius 1 is 1.08 bits per heavy atom. The van der Waals surface area contributed by atoms with Gasteiger partial charge in [0.2, 0.25) is 11.8 Å². The predicted octanol–water partition coefficient (Wildman–Crippen LogP) is 2.85. The van der Waals surface area contributed by atoms with Crippen LogP contribution < -0.4 is 10.2 Å². The molecule has 5 rings (SSSR count). The van der Waals surface area contributed by atoms with Gasteiger partial charge in [-0.15, -0.1) is 5.10 Å². The van der Waals surface area contributed by atoms with Crippen LogP contribution in [0.1, 0.15) is 55.5 Å². The number of nitrogens with one attached hydrogen (secondary N) is 1. The van der Waals surface area contributed by atoms with E-state index < -0.39 is 24.2 Å². The zero-order chi connectivity index (χ0) is 25.9. The van der Waals surface area contributed by atoms with E-state index in [1.807, 2.05) is 48.7 Å². The number of aromatic nitrogens is 4. The van der Waals surface area contributed by atoms with Gasteiger partial charge in [0.15, 0.2) is 5.82 Å². The molecule has 0 aliphatic carbocycles. The van der Waals surface area contributed by atoms with Gasteiger partial charge in [0.25, 0.3) is 0 Å². The molecule has 194 valence electrons. The summed E-state index contributed by atoms with van der Waals surface area (Å²) in [5.74, 6) is 0.255. The molecule has 0 saturated carbocycles. The van der Waals surface area contributed by atoms with Crippen LogP contribution in [0.3, 0.4) is 0 Å². The third-order valence-electron chi connectivity index (χ3n) is 7.05. The second-order valence-corrected chi connectivity index (χ2v) is 9.99. The molecule has 2 amide bonds. The minimum absolute atomic E-state index is 0.0512. The molecule has 2 aliphatic heterocycles. The minimum atomic E-state index is -1.28. The minimum Gasteiger partial charge on any atom is -0.354 e. The number of halogens is 1. The fourth-order valence-corrected chi connectivity index (χ4v) is 4.72. The first kappa shape index (κ1) is 24.9. The Morgan fingerprint density at radius 3 is 2.51 bits per heavy atom. The van der Waals surface area contributed by atoms with Crippen LogP contribution in [0.2, 0.25) is 0 Å². The Balaban J connectivity index is 1.32. The number of hydrogen-bond acceptors (Lipinski definition) is 6. The summed E-state index contributed by atoms with van der Waals surface area (Å²) in [6.07, 6.45) is 3.22. The lowest BCUT2D eigenvalue weighted by Crippen LogP contribution is -2.48. The van der Waals surface area contributed by atoms with Crippen molar-refractivity contribution in [2.45, 2.75) is 57.4 Å². The van der Waals surface area contributed by atoms with Crippen LogP contribution in [0.5, 0.6) is 0 Å². The SMILES string of the molecule is CC(C)c1ccc([C@@H](NC(=O)[C@@H]2C[C@@H](F)CN2C(=O)Cn2ncc(N3CCC3)n2)c2ccccc2)nc1. The molecule has 1 N–H and O–H groups in total. The number of likely N-dealkylation sites (tertiary alicyclic amines) is 1. The molecule has 2 aliphatic rings. The van der Waals surface area contributed by atoms with Gasteiger partial charge in [-0.05, 0) is 29.5 Å². The Kier molecular flexibility index (Phi) is 7.16. The standard InChI is InChI=1S/C27H32FN7O2/c1-18(2)20-9-10-22(29-14-20)26(19-7-4-3-5-8-19)31-27(37)23-13-21(28)16-34(23)25(36)17-35-30-15-24(32-35)33-11-6-12-33/h3-5,7-10,14-15,18,21,23,26H,6,11-13,16-17H2,1-2H3,(H,31,37)/t21-,23+,26+/m1/s1. The van der Waals surface area contributed by atoms with E-state index in [0.717, 1.165) is 36.5 Å². The number of carbonyl (C=O) groups excluding carboxylic acids is 2. The van der Waals surface area contributed by atoms with Crippen molar-refractivity contribution in [3.63, 3.8) is 0 Å². The van der Waals surface area contributed by atoms with Crippen LogP contribution in [0.25, 0.3) is 0 Å². The quantitative estimate of drug-likeness (QED) is 0.506. The summed E-state index contributed by atoms with van der Waals surface area (Å²) in [4.78, 5) is 35.9. The lowest BCUT2D eigenvalue weighted by molar-refractivity contribution is -0.139. The number of hydrogen-bond donors (Lipinski definition) is 1. The number of rotatable bonds is 8. The molecule has 3 atom stereocenters. The molecule has 10 heteroatoms. The van der Waals surface area contributed by atoms with E-state index >= 15 is 0 Å². The largest absolute Gasteiger partial charge is 0.354 e. The zero-order valence-corrected chi connectivity index (χ0v) is 21.1. The summed E-state index contributed by atoms with van der Waals surface area (Å²) in [5, 5.41) is 11.6. The molecule has 37 heavy (non-hydrogen) atoms. The van der Waals surface area contributed by atoms with E-state index in [1.165, 1.54) is 9.70 Å². The molecule has 0 spiro atoms. The van der Waals surface area contributed by atoms with E-state index in [9.17, 15) is 14.0 Å². The molecule has 0 unspecified atom stereocenters. The first-order valence-corrected chi connectivity index (χ1v) is 12.8. The van der Waals surface area contributed by atoms with E-state index in [1.54, 1.807) is 6.20 Å². The molecule has 2 fully saturated rings. The van der Waals surface area contributed by atoms with Gasteiger partial charge in [-0.3, -0.25) is 14.6 Å². The Morgan fingerprint density at radius 2 is 1.86 bits per heavy atom. The van der Waals surface area contributed by atoms with E-state index in [-0.39, 0.29) is 25.4 Å². The average molecular weight is 506 g/mol. The van der Waals surface area contributed by atoms with Crippen molar-refractivity contribution in [2.24, 2.45) is 0 Å². The number of carbonyl (C=O) groups is 2. The number of pyridine rings is 1. The van der Waals surface area contributed by atoms with Crippen molar-refractivity contribution >= 4 is 17.6 Å². The Labute approximate surface area is 215 Å². The highest BCUT2D eigenvalue weighted by Crippen LogP contribution is 2.26. The van der Waals surface area contributed by atoms with Crippen LogP contribution in [0.4, 0.5) is 10.2 Å². The summed E-state index contributed by atoms with van der Waals surface area (Å²) in [5.41, 5.74) is 2.63. The normalized spacial score (nSPS) is 20.1. The smallest absolute Gasteiger partial charge is 0.246 e. The van der Waals surface area contributed by atoms with Gasteiger partial charge in [0.05, 0.1) is 24.5 Å². The van der Waals surface area contributed by atoms with Gasteiger partial charge in [-0.25, -0.2) is 4.39 Å². The van der Waals surface area contributed by atoms with Crippen LogP contribution in [-0.2, 0) is 16.1 Å². The van der Waals surface area contributed by atoms with Crippen molar-refractivity contribution in [3.8, 4) is 0 Å². The lowest BCUT2D eigenvalue weighted by atomic mass is 10.00. The molecule has 0 bridgehead atoms. The van der Waals surface area contributed by atoms with Crippen LogP contribution in [0.15, 0.2) is 54.9 Å². The topological polar surface area (TPSA) is 96.2 Å². The molecule has 3 aromatic rings. The maximum absolute atomic E-state index is 14.5. The number of anilines is 1. The summed E-state index contributed by atoms with van der Waals surface area (Å²) < 4.78 is 14.5. The van der Waals surface area contributed by atoms with Crippen LogP contribution >= 0.6 is 0 Å². The summed E-state index contributed by atoms with van der Waals surface area (Å²) in [7, 11) is 0. The Bertz CT molecular complexity index is 1230. The van der Waals surface area contributed by atoms with Crippen molar-refractivity contribution in [1.29, 1.82) is 0 Å². The van der Waals surface area contributed by atoms with Crippen molar-refractivity contribution < 1.29 is 14.0 Å². The maximum Gasteiger partial charge on any atom is 0.246 e. The third kappa shape index (κ3) is 5.47. The molecule has 4 heterocycles. The number of alkyl halides is 1. The Hall–Kier alpha value is -3.82. The highest BCUT2D eigenvalue weighted by Gasteiger charge is 2.40. The third-order valence-corrected chi connectivity index (χ3v) is 7.05. The van der Waals surface area contributed by atoms with Crippen molar-refractivity contribution in [1.82, 2.24) is 30.2 Å².